The van der Waals surface area contributed by atoms with Crippen molar-refractivity contribution in [2.45, 2.75) is 20.3 Å². The highest BCUT2D eigenvalue weighted by molar-refractivity contribution is 5.87. The molecule has 0 bridgehead atoms. The van der Waals surface area contributed by atoms with Crippen molar-refractivity contribution in [2.75, 3.05) is 18.4 Å². The van der Waals surface area contributed by atoms with Crippen molar-refractivity contribution in [1.29, 1.82) is 0 Å². The molecule has 0 atom stereocenters. The predicted octanol–water partition coefficient (Wildman–Crippen LogP) is 2.19. The highest BCUT2D eigenvalue weighted by Gasteiger charge is 2.11. The van der Waals surface area contributed by atoms with Crippen molar-refractivity contribution in [3.05, 3.63) is 41.9 Å². The van der Waals surface area contributed by atoms with E-state index in [1.165, 1.54) is 11.1 Å². The smallest absolute Gasteiger partial charge is 0.168 e. The first-order valence-corrected chi connectivity index (χ1v) is 7.40. The first-order chi connectivity index (χ1) is 10.7. The summed E-state index contributed by atoms with van der Waals surface area (Å²) in [4.78, 5) is 8.69. The number of hydrogen-bond acceptors (Lipinski definition) is 5. The Labute approximate surface area is 129 Å². The van der Waals surface area contributed by atoms with Crippen LogP contribution in [0.25, 0.3) is 16.7 Å². The number of nitrogens with zero attached hydrogens (tertiary/aromatic N) is 4. The topological polar surface area (TPSA) is 81.7 Å². The fourth-order valence-corrected chi connectivity index (χ4v) is 2.56. The summed E-state index contributed by atoms with van der Waals surface area (Å²) in [5.74, 6) is 0.800. The molecule has 6 nitrogen and oxygen atoms in total. The summed E-state index contributed by atoms with van der Waals surface area (Å²) in [5, 5.41) is 8.69. The van der Waals surface area contributed by atoms with E-state index in [2.05, 4.69) is 52.4 Å². The predicted molar refractivity (Wildman–Crippen MR) is 88.3 cm³/mol. The number of nitrogens with two attached hydrogens (primary N) is 1. The molecule has 2 aromatic heterocycles. The third-order valence-corrected chi connectivity index (χ3v) is 3.49. The molecule has 0 amide bonds. The van der Waals surface area contributed by atoms with Crippen LogP contribution in [0.4, 0.5) is 5.82 Å². The van der Waals surface area contributed by atoms with Crippen LogP contribution in [0.15, 0.2) is 30.7 Å². The number of anilines is 1. The van der Waals surface area contributed by atoms with Crippen molar-refractivity contribution in [3.8, 4) is 5.69 Å². The van der Waals surface area contributed by atoms with Gasteiger partial charge in [-0.05, 0) is 50.1 Å². The largest absolute Gasteiger partial charge is 0.369 e. The summed E-state index contributed by atoms with van der Waals surface area (Å²) in [6.45, 7) is 5.61. The average molecular weight is 296 g/mol. The third kappa shape index (κ3) is 2.78. The molecule has 0 aliphatic carbocycles. The van der Waals surface area contributed by atoms with Gasteiger partial charge in [0.2, 0.25) is 0 Å². The fourth-order valence-electron chi connectivity index (χ4n) is 2.56. The molecule has 0 radical (unpaired) electrons. The summed E-state index contributed by atoms with van der Waals surface area (Å²) in [7, 11) is 0. The molecule has 6 heteroatoms. The molecular formula is C16H20N6. The average Bonchev–Trinajstić information content (AvgIpc) is 2.91. The maximum absolute atomic E-state index is 5.52. The Balaban J connectivity index is 2.03. The van der Waals surface area contributed by atoms with E-state index in [-0.39, 0.29) is 0 Å². The minimum atomic E-state index is 0.656. The van der Waals surface area contributed by atoms with Gasteiger partial charge in [0.15, 0.2) is 5.65 Å². The van der Waals surface area contributed by atoms with Gasteiger partial charge in [0.1, 0.15) is 12.1 Å². The minimum Gasteiger partial charge on any atom is -0.369 e. The van der Waals surface area contributed by atoms with Crippen molar-refractivity contribution >= 4 is 16.9 Å². The highest BCUT2D eigenvalue weighted by Crippen LogP contribution is 2.22. The zero-order valence-corrected chi connectivity index (χ0v) is 12.9. The first-order valence-electron chi connectivity index (χ1n) is 7.40. The molecule has 22 heavy (non-hydrogen) atoms. The van der Waals surface area contributed by atoms with Crippen LogP contribution in [0.5, 0.6) is 0 Å². The lowest BCUT2D eigenvalue weighted by molar-refractivity contribution is 0.870. The van der Waals surface area contributed by atoms with Crippen LogP contribution in [0.3, 0.4) is 0 Å². The number of aromatic nitrogens is 4. The van der Waals surface area contributed by atoms with E-state index in [9.17, 15) is 0 Å². The van der Waals surface area contributed by atoms with Gasteiger partial charge in [-0.15, -0.1) is 0 Å². The Bertz CT molecular complexity index is 772. The molecule has 0 saturated heterocycles. The molecule has 114 valence electrons. The van der Waals surface area contributed by atoms with E-state index >= 15 is 0 Å². The van der Waals surface area contributed by atoms with Crippen molar-refractivity contribution < 1.29 is 0 Å². The van der Waals surface area contributed by atoms with E-state index in [0.717, 1.165) is 35.5 Å². The van der Waals surface area contributed by atoms with Gasteiger partial charge >= 0.3 is 0 Å². The first kappa shape index (κ1) is 14.5. The monoisotopic (exact) mass is 296 g/mol. The van der Waals surface area contributed by atoms with Crippen molar-refractivity contribution in [2.24, 2.45) is 5.73 Å². The Morgan fingerprint density at radius 2 is 1.91 bits per heavy atom. The summed E-state index contributed by atoms with van der Waals surface area (Å²) in [6.07, 6.45) is 4.27. The summed E-state index contributed by atoms with van der Waals surface area (Å²) in [5.41, 5.74) is 9.74. The molecule has 1 aromatic carbocycles. The third-order valence-electron chi connectivity index (χ3n) is 3.49. The van der Waals surface area contributed by atoms with E-state index in [1.807, 2.05) is 4.68 Å². The zero-order valence-electron chi connectivity index (χ0n) is 12.9. The van der Waals surface area contributed by atoms with Gasteiger partial charge in [0, 0.05) is 6.54 Å². The van der Waals surface area contributed by atoms with Crippen LogP contribution in [-0.2, 0) is 0 Å². The fraction of sp³-hybridized carbons (Fsp3) is 0.312. The Morgan fingerprint density at radius 1 is 1.14 bits per heavy atom. The summed E-state index contributed by atoms with van der Waals surface area (Å²) in [6, 6.07) is 6.34. The van der Waals surface area contributed by atoms with Crippen molar-refractivity contribution in [1.82, 2.24) is 19.7 Å². The molecule has 0 saturated carbocycles. The Morgan fingerprint density at radius 3 is 2.64 bits per heavy atom. The molecule has 0 aliphatic rings. The number of nitrogens with one attached hydrogen (secondary N) is 1. The maximum Gasteiger partial charge on any atom is 0.168 e. The van der Waals surface area contributed by atoms with E-state index < -0.39 is 0 Å². The van der Waals surface area contributed by atoms with Gasteiger partial charge in [0.25, 0.3) is 0 Å². The van der Waals surface area contributed by atoms with Gasteiger partial charge in [-0.25, -0.2) is 14.6 Å². The van der Waals surface area contributed by atoms with E-state index in [0.29, 0.717) is 6.54 Å². The molecule has 3 N–H and O–H groups in total. The standard InChI is InChI=1S/C16H20N6/c1-11-6-12(2)8-13(7-11)22-16-14(9-21-22)15(19-10-20-16)18-5-3-4-17/h6-10H,3-5,17H2,1-2H3,(H,18,19,20). The number of hydrogen-bond donors (Lipinski definition) is 2. The molecule has 0 fully saturated rings. The number of benzene rings is 1. The molecule has 3 rings (SSSR count). The lowest BCUT2D eigenvalue weighted by Gasteiger charge is -2.07. The normalized spacial score (nSPS) is 11.0. The van der Waals surface area contributed by atoms with Gasteiger partial charge in [0.05, 0.1) is 17.3 Å². The lowest BCUT2D eigenvalue weighted by atomic mass is 10.1. The number of aryl methyl sites for hydroxylation is 2. The second-order valence-corrected chi connectivity index (χ2v) is 5.43. The van der Waals surface area contributed by atoms with Crippen LogP contribution >= 0.6 is 0 Å². The van der Waals surface area contributed by atoms with E-state index in [1.54, 1.807) is 12.5 Å². The molecule has 0 unspecified atom stereocenters. The van der Waals surface area contributed by atoms with E-state index in [4.69, 9.17) is 5.73 Å². The number of rotatable bonds is 5. The Hall–Kier alpha value is -2.47. The molecular weight excluding hydrogens is 276 g/mol. The van der Waals surface area contributed by atoms with Crippen molar-refractivity contribution in [3.63, 3.8) is 0 Å². The van der Waals surface area contributed by atoms with Crippen LogP contribution in [-0.4, -0.2) is 32.8 Å². The zero-order chi connectivity index (χ0) is 15.5. The van der Waals surface area contributed by atoms with Gasteiger partial charge < -0.3 is 11.1 Å². The van der Waals surface area contributed by atoms with Crippen LogP contribution < -0.4 is 11.1 Å². The minimum absolute atomic E-state index is 0.656. The summed E-state index contributed by atoms with van der Waals surface area (Å²) >= 11 is 0. The SMILES string of the molecule is Cc1cc(C)cc(-n2ncc3c(NCCCN)ncnc32)c1. The molecule has 3 aromatic rings. The van der Waals surface area contributed by atoms with Crippen LogP contribution in [0, 0.1) is 13.8 Å². The van der Waals surface area contributed by atoms with Crippen LogP contribution in [0.1, 0.15) is 17.5 Å². The maximum atomic E-state index is 5.52. The second kappa shape index (κ2) is 6.11. The quantitative estimate of drug-likeness (QED) is 0.705. The Kier molecular flexibility index (Phi) is 4.02. The van der Waals surface area contributed by atoms with Gasteiger partial charge in [-0.1, -0.05) is 6.07 Å². The van der Waals surface area contributed by atoms with Gasteiger partial charge in [-0.3, -0.25) is 0 Å². The highest BCUT2D eigenvalue weighted by atomic mass is 15.3. The molecule has 2 heterocycles. The summed E-state index contributed by atoms with van der Waals surface area (Å²) < 4.78 is 1.85. The lowest BCUT2D eigenvalue weighted by Crippen LogP contribution is -2.09. The van der Waals surface area contributed by atoms with Gasteiger partial charge in [-0.2, -0.15) is 5.10 Å². The van der Waals surface area contributed by atoms with Crippen LogP contribution in [0.2, 0.25) is 0 Å². The molecule has 0 spiro atoms. The second-order valence-electron chi connectivity index (χ2n) is 5.43. The number of fused-ring (bicyclic) bond motifs is 1. The molecule has 0 aliphatic heterocycles.